The molecule has 2 saturated heterocycles. The molecule has 0 saturated carbocycles. The van der Waals surface area contributed by atoms with Crippen molar-refractivity contribution >= 4 is 11.8 Å². The number of nitrogens with one attached hydrogen (secondary N) is 2. The monoisotopic (exact) mass is 530 g/mol. The van der Waals surface area contributed by atoms with Crippen LogP contribution in [0.25, 0.3) is 0 Å². The lowest BCUT2D eigenvalue weighted by Crippen LogP contribution is -2.58. The number of rotatable bonds is 10. The van der Waals surface area contributed by atoms with E-state index in [4.69, 9.17) is 9.47 Å². The predicted molar refractivity (Wildman–Crippen MR) is 139 cm³/mol. The zero-order chi connectivity index (χ0) is 26.9. The summed E-state index contributed by atoms with van der Waals surface area (Å²) in [7, 11) is 1.68. The molecule has 0 bridgehead atoms. The van der Waals surface area contributed by atoms with Crippen molar-refractivity contribution in [2.24, 2.45) is 5.92 Å². The zero-order valence-corrected chi connectivity index (χ0v) is 21.8. The van der Waals surface area contributed by atoms with E-state index in [-0.39, 0.29) is 17.5 Å². The summed E-state index contributed by atoms with van der Waals surface area (Å²) in [6.45, 7) is 5.75. The van der Waals surface area contributed by atoms with Gasteiger partial charge in [0.2, 0.25) is 5.91 Å². The molecular weight excluding hydrogens is 494 g/mol. The summed E-state index contributed by atoms with van der Waals surface area (Å²) in [5, 5.41) is 6.12. The lowest BCUT2D eigenvalue weighted by molar-refractivity contribution is -0.138. The molecule has 2 aliphatic rings. The van der Waals surface area contributed by atoms with Crippen LogP contribution in [-0.2, 0) is 16.1 Å². The molecule has 8 nitrogen and oxygen atoms in total. The minimum Gasteiger partial charge on any atom is -0.493 e. The van der Waals surface area contributed by atoms with Crippen LogP contribution < -0.4 is 15.4 Å². The number of carbonyl (C=O) groups excluding carboxylic acids is 2. The van der Waals surface area contributed by atoms with Crippen LogP contribution in [0.3, 0.4) is 0 Å². The summed E-state index contributed by atoms with van der Waals surface area (Å²) in [6, 6.07) is 10.7. The molecule has 2 aromatic carbocycles. The largest absolute Gasteiger partial charge is 0.493 e. The summed E-state index contributed by atoms with van der Waals surface area (Å²) < 4.78 is 37.9. The number of methoxy groups -OCH3 is 1. The topological polar surface area (TPSA) is 83.1 Å². The first kappa shape index (κ1) is 27.9. The fraction of sp³-hybridized carbons (Fsp3) is 0.500. The standard InChI is InChI=1S/C28H36F2N4O4/c1-37-15-4-16-38-26-6-3-2-5-21(26)19-33-11-13-34(14-12-33)28(36)22-18-31-10-9-25(22)32-27(35)20-7-8-23(29)24(30)17-20/h2-3,5-8,17,22,25,31H,4,9-16,18-19H2,1H3,(H,32,35). The van der Waals surface area contributed by atoms with Crippen LogP contribution in [0.2, 0.25) is 0 Å². The Morgan fingerprint density at radius 1 is 1.05 bits per heavy atom. The highest BCUT2D eigenvalue weighted by atomic mass is 19.2. The SMILES string of the molecule is COCCCOc1ccccc1CN1CCN(C(=O)C2CNCCC2NC(=O)c2ccc(F)c(F)c2)CC1. The molecule has 2 aliphatic heterocycles. The maximum Gasteiger partial charge on any atom is 0.251 e. The van der Waals surface area contributed by atoms with Crippen LogP contribution in [0, 0.1) is 17.6 Å². The molecule has 206 valence electrons. The van der Waals surface area contributed by atoms with Crippen LogP contribution in [-0.4, -0.2) is 87.2 Å². The molecule has 0 spiro atoms. The van der Waals surface area contributed by atoms with Gasteiger partial charge in [0.1, 0.15) is 5.75 Å². The number of ether oxygens (including phenoxy) is 2. The maximum absolute atomic E-state index is 13.6. The first-order valence-corrected chi connectivity index (χ1v) is 13.1. The number of halogens is 2. The lowest BCUT2D eigenvalue weighted by atomic mass is 9.91. The van der Waals surface area contributed by atoms with Gasteiger partial charge in [-0.1, -0.05) is 18.2 Å². The van der Waals surface area contributed by atoms with E-state index in [0.29, 0.717) is 45.8 Å². The van der Waals surface area contributed by atoms with Crippen molar-refractivity contribution in [3.63, 3.8) is 0 Å². The Balaban J connectivity index is 1.30. The van der Waals surface area contributed by atoms with E-state index in [2.05, 4.69) is 21.6 Å². The predicted octanol–water partition coefficient (Wildman–Crippen LogP) is 2.43. The van der Waals surface area contributed by atoms with E-state index in [0.717, 1.165) is 49.5 Å². The quantitative estimate of drug-likeness (QED) is 0.460. The highest BCUT2D eigenvalue weighted by Gasteiger charge is 2.36. The van der Waals surface area contributed by atoms with Gasteiger partial charge in [-0.3, -0.25) is 14.5 Å². The molecular formula is C28H36F2N4O4. The first-order chi connectivity index (χ1) is 18.5. The van der Waals surface area contributed by atoms with Gasteiger partial charge in [0.15, 0.2) is 11.6 Å². The summed E-state index contributed by atoms with van der Waals surface area (Å²) in [5.74, 6) is -2.15. The number of para-hydroxylation sites is 1. The van der Waals surface area contributed by atoms with Crippen LogP contribution in [0.1, 0.15) is 28.8 Å². The molecule has 2 amide bonds. The molecule has 2 unspecified atom stereocenters. The molecule has 2 fully saturated rings. The van der Waals surface area contributed by atoms with Gasteiger partial charge >= 0.3 is 0 Å². The van der Waals surface area contributed by atoms with Crippen LogP contribution in [0.15, 0.2) is 42.5 Å². The van der Waals surface area contributed by atoms with Crippen molar-refractivity contribution in [2.45, 2.75) is 25.4 Å². The van der Waals surface area contributed by atoms with E-state index in [1.807, 2.05) is 23.1 Å². The molecule has 4 rings (SSSR count). The van der Waals surface area contributed by atoms with Crippen LogP contribution >= 0.6 is 0 Å². The van der Waals surface area contributed by atoms with Gasteiger partial charge in [-0.15, -0.1) is 0 Å². The van der Waals surface area contributed by atoms with E-state index < -0.39 is 23.5 Å². The average Bonchev–Trinajstić information content (AvgIpc) is 2.94. The van der Waals surface area contributed by atoms with Gasteiger partial charge in [-0.25, -0.2) is 8.78 Å². The summed E-state index contributed by atoms with van der Waals surface area (Å²) in [6.07, 6.45) is 1.40. The Labute approximate surface area is 222 Å². The second kappa shape index (κ2) is 13.6. The third-order valence-electron chi connectivity index (χ3n) is 7.10. The van der Waals surface area contributed by atoms with Crippen molar-refractivity contribution in [1.82, 2.24) is 20.4 Å². The third-order valence-corrected chi connectivity index (χ3v) is 7.10. The number of piperidine rings is 1. The Morgan fingerprint density at radius 3 is 2.61 bits per heavy atom. The summed E-state index contributed by atoms with van der Waals surface area (Å²) in [4.78, 5) is 30.3. The molecule has 10 heteroatoms. The number of piperazine rings is 1. The van der Waals surface area contributed by atoms with Crippen molar-refractivity contribution in [3.05, 3.63) is 65.2 Å². The number of benzene rings is 2. The fourth-order valence-corrected chi connectivity index (χ4v) is 4.94. The van der Waals surface area contributed by atoms with Crippen molar-refractivity contribution in [1.29, 1.82) is 0 Å². The van der Waals surface area contributed by atoms with Crippen molar-refractivity contribution in [2.75, 3.05) is 59.6 Å². The van der Waals surface area contributed by atoms with E-state index in [1.165, 1.54) is 6.07 Å². The maximum atomic E-state index is 13.6. The van der Waals surface area contributed by atoms with Crippen LogP contribution in [0.5, 0.6) is 5.75 Å². The minimum atomic E-state index is -1.08. The second-order valence-corrected chi connectivity index (χ2v) is 9.71. The Bertz CT molecular complexity index is 1090. The number of amides is 2. The Hall–Kier alpha value is -3.08. The second-order valence-electron chi connectivity index (χ2n) is 9.71. The minimum absolute atomic E-state index is 0.00527. The van der Waals surface area contributed by atoms with Gasteiger partial charge in [-0.2, -0.15) is 0 Å². The molecule has 2 N–H and O–H groups in total. The number of nitrogens with zero attached hydrogens (tertiary/aromatic N) is 2. The molecule has 2 aromatic rings. The normalized spacial score (nSPS) is 20.2. The molecule has 38 heavy (non-hydrogen) atoms. The lowest BCUT2D eigenvalue weighted by Gasteiger charge is -2.39. The van der Waals surface area contributed by atoms with Gasteiger partial charge in [0, 0.05) is 76.6 Å². The molecule has 0 aromatic heterocycles. The van der Waals surface area contributed by atoms with Gasteiger partial charge in [-0.05, 0) is 37.2 Å². The fourth-order valence-electron chi connectivity index (χ4n) is 4.94. The van der Waals surface area contributed by atoms with Crippen LogP contribution in [0.4, 0.5) is 8.78 Å². The number of carbonyl (C=O) groups is 2. The van der Waals surface area contributed by atoms with Crippen molar-refractivity contribution in [3.8, 4) is 5.75 Å². The van der Waals surface area contributed by atoms with E-state index in [9.17, 15) is 18.4 Å². The van der Waals surface area contributed by atoms with E-state index >= 15 is 0 Å². The summed E-state index contributed by atoms with van der Waals surface area (Å²) in [5.41, 5.74) is 1.14. The Kier molecular flexibility index (Phi) is 10.0. The highest BCUT2D eigenvalue weighted by molar-refractivity contribution is 5.95. The first-order valence-electron chi connectivity index (χ1n) is 13.1. The highest BCUT2D eigenvalue weighted by Crippen LogP contribution is 2.22. The third kappa shape index (κ3) is 7.27. The van der Waals surface area contributed by atoms with Crippen molar-refractivity contribution < 1.29 is 27.8 Å². The molecule has 0 radical (unpaired) electrons. The zero-order valence-electron chi connectivity index (χ0n) is 21.8. The van der Waals surface area contributed by atoms with E-state index in [1.54, 1.807) is 7.11 Å². The number of hydrogen-bond donors (Lipinski definition) is 2. The van der Waals surface area contributed by atoms with Gasteiger partial charge in [0.05, 0.1) is 12.5 Å². The average molecular weight is 531 g/mol. The Morgan fingerprint density at radius 2 is 1.84 bits per heavy atom. The number of hydrogen-bond acceptors (Lipinski definition) is 6. The smallest absolute Gasteiger partial charge is 0.251 e. The summed E-state index contributed by atoms with van der Waals surface area (Å²) >= 11 is 0. The van der Waals surface area contributed by atoms with Gasteiger partial charge < -0.3 is 25.0 Å². The molecule has 2 atom stereocenters. The van der Waals surface area contributed by atoms with Gasteiger partial charge in [0.25, 0.3) is 5.91 Å². The molecule has 0 aliphatic carbocycles. The molecule has 2 heterocycles.